The van der Waals surface area contributed by atoms with Crippen LogP contribution >= 0.6 is 0 Å². The van der Waals surface area contributed by atoms with Crippen molar-refractivity contribution in [1.82, 2.24) is 9.88 Å². The van der Waals surface area contributed by atoms with E-state index < -0.39 is 12.1 Å². The van der Waals surface area contributed by atoms with E-state index in [0.717, 1.165) is 18.9 Å². The Labute approximate surface area is 141 Å². The highest BCUT2D eigenvalue weighted by atomic mass is 16.5. The summed E-state index contributed by atoms with van der Waals surface area (Å²) in [5.41, 5.74) is 0.486. The van der Waals surface area contributed by atoms with Crippen molar-refractivity contribution in [2.45, 2.75) is 31.8 Å². The molecule has 1 aromatic rings. The molecule has 24 heavy (non-hydrogen) atoms. The maximum absolute atomic E-state index is 12.5. The number of hydrogen-bond donors (Lipinski definition) is 1. The normalized spacial score (nSPS) is 22.1. The van der Waals surface area contributed by atoms with Gasteiger partial charge in [-0.2, -0.15) is 0 Å². The van der Waals surface area contributed by atoms with Crippen molar-refractivity contribution in [2.24, 2.45) is 0 Å². The molecular weight excluding hydrogens is 310 g/mol. The predicted octanol–water partition coefficient (Wildman–Crippen LogP) is 1.39. The van der Waals surface area contributed by atoms with E-state index in [1.54, 1.807) is 12.3 Å². The summed E-state index contributed by atoms with van der Waals surface area (Å²) in [5.74, 6) is -0.333. The molecule has 130 valence electrons. The van der Waals surface area contributed by atoms with E-state index in [1.807, 2.05) is 6.07 Å². The van der Waals surface area contributed by atoms with Crippen LogP contribution in [0.15, 0.2) is 18.3 Å². The van der Waals surface area contributed by atoms with E-state index in [-0.39, 0.29) is 19.1 Å². The zero-order chi connectivity index (χ0) is 16.9. The summed E-state index contributed by atoms with van der Waals surface area (Å²) in [6.45, 7) is 2.72. The van der Waals surface area contributed by atoms with Crippen molar-refractivity contribution in [3.63, 3.8) is 0 Å². The highest BCUT2D eigenvalue weighted by Gasteiger charge is 2.29. The predicted molar refractivity (Wildman–Crippen MR) is 88.2 cm³/mol. The number of anilines is 1. The SMILES string of the molecule is O=C(O)[C@@H]1CN(C(=O)c2ccc(N3CCCCCC3)nc2)CCO1. The lowest BCUT2D eigenvalue weighted by Gasteiger charge is -2.31. The van der Waals surface area contributed by atoms with Crippen molar-refractivity contribution in [3.8, 4) is 0 Å². The van der Waals surface area contributed by atoms with E-state index >= 15 is 0 Å². The largest absolute Gasteiger partial charge is 0.479 e. The fraction of sp³-hybridized carbons (Fsp3) is 0.588. The lowest BCUT2D eigenvalue weighted by molar-refractivity contribution is -0.154. The number of carbonyl (C=O) groups is 2. The zero-order valence-electron chi connectivity index (χ0n) is 13.7. The van der Waals surface area contributed by atoms with E-state index in [1.165, 1.54) is 30.6 Å². The number of nitrogens with zero attached hydrogens (tertiary/aromatic N) is 3. The molecule has 0 aromatic carbocycles. The van der Waals surface area contributed by atoms with Gasteiger partial charge in [-0.05, 0) is 25.0 Å². The van der Waals surface area contributed by atoms with Gasteiger partial charge in [0.15, 0.2) is 6.10 Å². The summed E-state index contributed by atoms with van der Waals surface area (Å²) in [4.78, 5) is 31.8. The fourth-order valence-electron chi connectivity index (χ4n) is 3.17. The maximum atomic E-state index is 12.5. The van der Waals surface area contributed by atoms with Crippen LogP contribution in [-0.2, 0) is 9.53 Å². The second-order valence-corrected chi connectivity index (χ2v) is 6.26. The fourth-order valence-corrected chi connectivity index (χ4v) is 3.17. The third-order valence-corrected chi connectivity index (χ3v) is 4.55. The second-order valence-electron chi connectivity index (χ2n) is 6.26. The monoisotopic (exact) mass is 333 g/mol. The molecule has 1 aromatic heterocycles. The molecule has 0 bridgehead atoms. The minimum atomic E-state index is -1.04. The van der Waals surface area contributed by atoms with Crippen LogP contribution in [-0.4, -0.2) is 65.8 Å². The summed E-state index contributed by atoms with van der Waals surface area (Å²) in [6, 6.07) is 3.66. The van der Waals surface area contributed by atoms with Gasteiger partial charge in [0.25, 0.3) is 5.91 Å². The first-order valence-corrected chi connectivity index (χ1v) is 8.50. The number of hydrogen-bond acceptors (Lipinski definition) is 5. The lowest BCUT2D eigenvalue weighted by atomic mass is 10.2. The van der Waals surface area contributed by atoms with Gasteiger partial charge in [-0.3, -0.25) is 4.79 Å². The number of carboxylic acid groups (broad SMARTS) is 1. The Kier molecular flexibility index (Phi) is 5.30. The van der Waals surface area contributed by atoms with Crippen molar-refractivity contribution >= 4 is 17.7 Å². The Morgan fingerprint density at radius 1 is 1.12 bits per heavy atom. The molecule has 0 radical (unpaired) electrons. The number of amides is 1. The van der Waals surface area contributed by atoms with Crippen molar-refractivity contribution < 1.29 is 19.4 Å². The first-order chi connectivity index (χ1) is 11.6. The van der Waals surface area contributed by atoms with Gasteiger partial charge in [0, 0.05) is 25.8 Å². The Balaban J connectivity index is 1.66. The number of rotatable bonds is 3. The van der Waals surface area contributed by atoms with Crippen LogP contribution in [0.2, 0.25) is 0 Å². The molecule has 7 heteroatoms. The Morgan fingerprint density at radius 3 is 2.50 bits per heavy atom. The number of carboxylic acids is 1. The maximum Gasteiger partial charge on any atom is 0.334 e. The van der Waals surface area contributed by atoms with Crippen LogP contribution in [0, 0.1) is 0 Å². The number of carbonyl (C=O) groups excluding carboxylic acids is 1. The molecule has 3 rings (SSSR count). The van der Waals surface area contributed by atoms with Gasteiger partial charge in [0.1, 0.15) is 5.82 Å². The molecule has 3 heterocycles. The first-order valence-electron chi connectivity index (χ1n) is 8.50. The van der Waals surface area contributed by atoms with Gasteiger partial charge >= 0.3 is 5.97 Å². The third kappa shape index (κ3) is 3.84. The number of morpholine rings is 1. The average Bonchev–Trinajstić information content (AvgIpc) is 2.91. The minimum Gasteiger partial charge on any atom is -0.479 e. The first kappa shape index (κ1) is 16.7. The second kappa shape index (κ2) is 7.61. The van der Waals surface area contributed by atoms with Gasteiger partial charge in [0.05, 0.1) is 18.7 Å². The van der Waals surface area contributed by atoms with E-state index in [9.17, 15) is 9.59 Å². The van der Waals surface area contributed by atoms with Crippen LogP contribution in [0.4, 0.5) is 5.82 Å². The average molecular weight is 333 g/mol. The summed E-state index contributed by atoms with van der Waals surface area (Å²) < 4.78 is 5.15. The lowest BCUT2D eigenvalue weighted by Crippen LogP contribution is -2.48. The molecule has 0 aliphatic carbocycles. The van der Waals surface area contributed by atoms with Gasteiger partial charge in [-0.25, -0.2) is 9.78 Å². The highest BCUT2D eigenvalue weighted by molar-refractivity contribution is 5.94. The molecule has 2 fully saturated rings. The van der Waals surface area contributed by atoms with Crippen molar-refractivity contribution in [3.05, 3.63) is 23.9 Å². The molecule has 0 spiro atoms. The molecule has 2 aliphatic heterocycles. The summed E-state index contributed by atoms with van der Waals surface area (Å²) in [5, 5.41) is 9.03. The molecular formula is C17H23N3O4. The van der Waals surface area contributed by atoms with Gasteiger partial charge < -0.3 is 19.6 Å². The molecule has 2 saturated heterocycles. The summed E-state index contributed by atoms with van der Waals surface area (Å²) in [6.07, 6.45) is 5.50. The zero-order valence-corrected chi connectivity index (χ0v) is 13.7. The Hall–Kier alpha value is -2.15. The van der Waals surface area contributed by atoms with E-state index in [4.69, 9.17) is 9.84 Å². The summed E-state index contributed by atoms with van der Waals surface area (Å²) in [7, 11) is 0. The molecule has 0 unspecified atom stereocenters. The van der Waals surface area contributed by atoms with Gasteiger partial charge in [-0.1, -0.05) is 12.8 Å². The number of pyridine rings is 1. The molecule has 1 N–H and O–H groups in total. The van der Waals surface area contributed by atoms with Crippen LogP contribution < -0.4 is 4.90 Å². The van der Waals surface area contributed by atoms with Crippen molar-refractivity contribution in [2.75, 3.05) is 37.7 Å². The quantitative estimate of drug-likeness (QED) is 0.900. The molecule has 2 aliphatic rings. The van der Waals surface area contributed by atoms with E-state index in [2.05, 4.69) is 9.88 Å². The van der Waals surface area contributed by atoms with Crippen molar-refractivity contribution in [1.29, 1.82) is 0 Å². The molecule has 7 nitrogen and oxygen atoms in total. The van der Waals surface area contributed by atoms with Crippen LogP contribution in [0.3, 0.4) is 0 Å². The van der Waals surface area contributed by atoms with Gasteiger partial charge in [-0.15, -0.1) is 0 Å². The number of aromatic nitrogens is 1. The molecule has 1 amide bonds. The van der Waals surface area contributed by atoms with E-state index in [0.29, 0.717) is 12.1 Å². The van der Waals surface area contributed by atoms with Crippen LogP contribution in [0.1, 0.15) is 36.0 Å². The number of aliphatic carboxylic acids is 1. The minimum absolute atomic E-state index is 0.0715. The number of ether oxygens (including phenoxy) is 1. The topological polar surface area (TPSA) is 83.0 Å². The van der Waals surface area contributed by atoms with Crippen LogP contribution in [0.5, 0.6) is 0 Å². The van der Waals surface area contributed by atoms with Crippen LogP contribution in [0.25, 0.3) is 0 Å². The van der Waals surface area contributed by atoms with Gasteiger partial charge in [0.2, 0.25) is 0 Å². The smallest absolute Gasteiger partial charge is 0.334 e. The Bertz CT molecular complexity index is 582. The molecule has 1 atom stereocenters. The third-order valence-electron chi connectivity index (χ3n) is 4.55. The Morgan fingerprint density at radius 2 is 1.88 bits per heavy atom. The standard InChI is InChI=1S/C17H23N3O4/c21-16(20-9-10-24-14(12-20)17(22)23)13-5-6-15(18-11-13)19-7-3-1-2-4-8-19/h5-6,11,14H,1-4,7-10,12H2,(H,22,23)/t14-/m0/s1. The molecule has 0 saturated carbocycles. The highest BCUT2D eigenvalue weighted by Crippen LogP contribution is 2.18. The summed E-state index contributed by atoms with van der Waals surface area (Å²) >= 11 is 0.